The van der Waals surface area contributed by atoms with E-state index >= 15 is 0 Å². The van der Waals surface area contributed by atoms with E-state index in [9.17, 15) is 4.39 Å². The van der Waals surface area contributed by atoms with E-state index in [4.69, 9.17) is 4.42 Å². The van der Waals surface area contributed by atoms with Crippen LogP contribution in [0, 0.1) is 5.82 Å². The lowest BCUT2D eigenvalue weighted by Crippen LogP contribution is -1.83. The van der Waals surface area contributed by atoms with Gasteiger partial charge in [0.15, 0.2) is 0 Å². The van der Waals surface area contributed by atoms with Gasteiger partial charge < -0.3 is 4.42 Å². The maximum Gasteiger partial charge on any atom is 0.138 e. The smallest absolute Gasteiger partial charge is 0.138 e. The van der Waals surface area contributed by atoms with Gasteiger partial charge in [-0.25, -0.2) is 4.39 Å². The van der Waals surface area contributed by atoms with Gasteiger partial charge in [-0.3, -0.25) is 0 Å². The van der Waals surface area contributed by atoms with Gasteiger partial charge in [0.1, 0.15) is 17.2 Å². The van der Waals surface area contributed by atoms with Gasteiger partial charge in [0.05, 0.1) is 5.56 Å². The lowest BCUT2D eigenvalue weighted by Gasteiger charge is -2.01. The molecular formula is C22H15FOS. The molecule has 122 valence electrons. The van der Waals surface area contributed by atoms with Crippen LogP contribution in [-0.4, -0.2) is 0 Å². The SMILES string of the molecule is C=Cc1ccc(-c2cc3cc(Sc4ccccc4)ccc3o2)c(F)c1. The summed E-state index contributed by atoms with van der Waals surface area (Å²) >= 11 is 1.69. The summed E-state index contributed by atoms with van der Waals surface area (Å²) < 4.78 is 20.1. The molecule has 0 atom stereocenters. The third kappa shape index (κ3) is 3.24. The van der Waals surface area contributed by atoms with Gasteiger partial charge in [-0.1, -0.05) is 48.7 Å². The average molecular weight is 346 g/mol. The molecule has 1 aromatic heterocycles. The maximum absolute atomic E-state index is 14.3. The second-order valence-electron chi connectivity index (χ2n) is 5.67. The second kappa shape index (κ2) is 6.61. The number of furan rings is 1. The van der Waals surface area contributed by atoms with E-state index in [-0.39, 0.29) is 5.82 Å². The lowest BCUT2D eigenvalue weighted by atomic mass is 10.1. The monoisotopic (exact) mass is 346 g/mol. The van der Waals surface area contributed by atoms with Crippen LogP contribution in [0.3, 0.4) is 0 Å². The predicted octanol–water partition coefficient (Wildman–Crippen LogP) is 7.03. The third-order valence-electron chi connectivity index (χ3n) is 3.96. The number of fused-ring (bicyclic) bond motifs is 1. The van der Waals surface area contributed by atoms with Crippen molar-refractivity contribution < 1.29 is 8.81 Å². The van der Waals surface area contributed by atoms with E-state index in [2.05, 4.69) is 24.8 Å². The molecule has 0 bridgehead atoms. The summed E-state index contributed by atoms with van der Waals surface area (Å²) in [5, 5.41) is 0.961. The third-order valence-corrected chi connectivity index (χ3v) is 4.96. The molecular weight excluding hydrogens is 331 g/mol. The molecule has 0 aliphatic carbocycles. The molecule has 1 nitrogen and oxygen atoms in total. The predicted molar refractivity (Wildman–Crippen MR) is 102 cm³/mol. The van der Waals surface area contributed by atoms with Crippen LogP contribution in [0.25, 0.3) is 28.4 Å². The van der Waals surface area contributed by atoms with Crippen LogP contribution in [0.2, 0.25) is 0 Å². The fraction of sp³-hybridized carbons (Fsp3) is 0. The molecule has 0 fully saturated rings. The Labute approximate surface area is 149 Å². The molecule has 4 rings (SSSR count). The van der Waals surface area contributed by atoms with Gasteiger partial charge in [-0.15, -0.1) is 0 Å². The zero-order chi connectivity index (χ0) is 17.2. The Bertz CT molecular complexity index is 1050. The van der Waals surface area contributed by atoms with Crippen LogP contribution in [0.15, 0.2) is 93.6 Å². The number of benzene rings is 3. The standard InChI is InChI=1S/C22H15FOS/c1-2-15-8-10-19(20(23)12-15)22-14-16-13-18(9-11-21(16)24-22)25-17-6-4-3-5-7-17/h2-14H,1H2. The van der Waals surface area contributed by atoms with Crippen molar-refractivity contribution in [2.24, 2.45) is 0 Å². The summed E-state index contributed by atoms with van der Waals surface area (Å²) in [5.74, 6) is 0.223. The van der Waals surface area contributed by atoms with Crippen molar-refractivity contribution >= 4 is 28.8 Å². The minimum Gasteiger partial charge on any atom is -0.456 e. The summed E-state index contributed by atoms with van der Waals surface area (Å²) in [6.45, 7) is 3.66. The van der Waals surface area contributed by atoms with Crippen molar-refractivity contribution in [3.8, 4) is 11.3 Å². The molecule has 0 radical (unpaired) electrons. The molecule has 25 heavy (non-hydrogen) atoms. The molecule has 4 aromatic rings. The van der Waals surface area contributed by atoms with Gasteiger partial charge in [-0.2, -0.15) is 0 Å². The van der Waals surface area contributed by atoms with Gasteiger partial charge in [0.25, 0.3) is 0 Å². The van der Waals surface area contributed by atoms with Gasteiger partial charge >= 0.3 is 0 Å². The largest absolute Gasteiger partial charge is 0.456 e. The van der Waals surface area contributed by atoms with Crippen LogP contribution >= 0.6 is 11.8 Å². The summed E-state index contributed by atoms with van der Waals surface area (Å²) in [7, 11) is 0. The second-order valence-corrected chi connectivity index (χ2v) is 6.82. The number of hydrogen-bond donors (Lipinski definition) is 0. The highest BCUT2D eigenvalue weighted by Gasteiger charge is 2.12. The van der Waals surface area contributed by atoms with Crippen molar-refractivity contribution in [2.75, 3.05) is 0 Å². The Morgan fingerprint density at radius 3 is 2.48 bits per heavy atom. The molecule has 0 saturated heterocycles. The normalized spacial score (nSPS) is 10.9. The first kappa shape index (κ1) is 15.7. The Hall–Kier alpha value is -2.78. The van der Waals surface area contributed by atoms with Gasteiger partial charge in [0.2, 0.25) is 0 Å². The Balaban J connectivity index is 1.70. The molecule has 0 aliphatic heterocycles. The molecule has 3 heteroatoms. The molecule has 3 aromatic carbocycles. The Morgan fingerprint density at radius 2 is 1.72 bits per heavy atom. The average Bonchev–Trinajstić information content (AvgIpc) is 3.05. The van der Waals surface area contributed by atoms with Crippen LogP contribution < -0.4 is 0 Å². The van der Waals surface area contributed by atoms with E-state index in [0.717, 1.165) is 21.4 Å². The molecule has 0 amide bonds. The highest BCUT2D eigenvalue weighted by atomic mass is 32.2. The zero-order valence-corrected chi connectivity index (χ0v) is 14.2. The van der Waals surface area contributed by atoms with E-state index in [1.165, 1.54) is 11.0 Å². The van der Waals surface area contributed by atoms with Crippen LogP contribution in [0.4, 0.5) is 4.39 Å². The molecule has 0 unspecified atom stereocenters. The van der Waals surface area contributed by atoms with Gasteiger partial charge in [0, 0.05) is 15.2 Å². The lowest BCUT2D eigenvalue weighted by molar-refractivity contribution is 0.601. The first-order chi connectivity index (χ1) is 12.2. The summed E-state index contributed by atoms with van der Waals surface area (Å²) in [6.07, 6.45) is 1.62. The van der Waals surface area contributed by atoms with Crippen molar-refractivity contribution in [3.63, 3.8) is 0 Å². The first-order valence-corrected chi connectivity index (χ1v) is 8.73. The maximum atomic E-state index is 14.3. The fourth-order valence-corrected chi connectivity index (χ4v) is 3.59. The topological polar surface area (TPSA) is 13.1 Å². The van der Waals surface area contributed by atoms with Crippen molar-refractivity contribution in [3.05, 3.63) is 90.8 Å². The van der Waals surface area contributed by atoms with Crippen LogP contribution in [-0.2, 0) is 0 Å². The fourth-order valence-electron chi connectivity index (χ4n) is 2.70. The number of halogens is 1. The van der Waals surface area contributed by atoms with Crippen LogP contribution in [0.5, 0.6) is 0 Å². The molecule has 1 heterocycles. The molecule has 0 saturated carbocycles. The molecule has 0 spiro atoms. The summed E-state index contributed by atoms with van der Waals surface area (Å²) in [6, 6.07) is 23.1. The number of rotatable bonds is 4. The number of hydrogen-bond acceptors (Lipinski definition) is 2. The van der Waals surface area contributed by atoms with Crippen molar-refractivity contribution in [1.82, 2.24) is 0 Å². The molecule has 0 aliphatic rings. The van der Waals surface area contributed by atoms with E-state index in [0.29, 0.717) is 11.3 Å². The minimum atomic E-state index is -0.310. The Kier molecular flexibility index (Phi) is 4.16. The summed E-state index contributed by atoms with van der Waals surface area (Å²) in [5.41, 5.74) is 1.96. The summed E-state index contributed by atoms with van der Waals surface area (Å²) in [4.78, 5) is 2.30. The quantitative estimate of drug-likeness (QED) is 0.393. The first-order valence-electron chi connectivity index (χ1n) is 7.92. The van der Waals surface area contributed by atoms with Crippen molar-refractivity contribution in [2.45, 2.75) is 9.79 Å². The minimum absolute atomic E-state index is 0.310. The molecule has 0 N–H and O–H groups in total. The van der Waals surface area contributed by atoms with Crippen molar-refractivity contribution in [1.29, 1.82) is 0 Å². The van der Waals surface area contributed by atoms with Crippen LogP contribution in [0.1, 0.15) is 5.56 Å². The highest BCUT2D eigenvalue weighted by Crippen LogP contribution is 2.34. The van der Waals surface area contributed by atoms with Gasteiger partial charge in [-0.05, 0) is 54.1 Å². The zero-order valence-electron chi connectivity index (χ0n) is 13.4. The Morgan fingerprint density at radius 1 is 0.880 bits per heavy atom. The van der Waals surface area contributed by atoms with E-state index in [1.807, 2.05) is 42.5 Å². The van der Waals surface area contributed by atoms with E-state index in [1.54, 1.807) is 23.9 Å². The highest BCUT2D eigenvalue weighted by molar-refractivity contribution is 7.99. The van der Waals surface area contributed by atoms with E-state index < -0.39 is 0 Å².